The minimum absolute atomic E-state index is 0.144. The highest BCUT2D eigenvalue weighted by Gasteiger charge is 2.10. The highest BCUT2D eigenvalue weighted by Crippen LogP contribution is 2.19. The zero-order valence-electron chi connectivity index (χ0n) is 9.16. The first-order chi connectivity index (χ1) is 7.41. The number of rotatable bonds is 4. The third-order valence-electron chi connectivity index (χ3n) is 2.33. The summed E-state index contributed by atoms with van der Waals surface area (Å²) < 4.78 is 34.9. The molecule has 1 aromatic rings. The third-order valence-corrected chi connectivity index (χ3v) is 2.72. The van der Waals surface area contributed by atoms with Crippen LogP contribution in [-0.2, 0) is 17.8 Å². The molecule has 0 bridgehead atoms. The van der Waals surface area contributed by atoms with Crippen LogP contribution < -0.4 is 10.5 Å². The Morgan fingerprint density at radius 2 is 2.25 bits per heavy atom. The first kappa shape index (κ1) is 13.2. The number of benzene rings is 1. The average Bonchev–Trinajstić information content (AvgIpc) is 2.18. The zero-order chi connectivity index (χ0) is 12.3. The van der Waals surface area contributed by atoms with Gasteiger partial charge in [0.25, 0.3) is 0 Å². The summed E-state index contributed by atoms with van der Waals surface area (Å²) in [4.78, 5) is 0. The number of hydrogen-bond donors (Lipinski definition) is 3. The molecular formula is C10H15FN2O2S. The maximum Gasteiger partial charge on any atom is 0.232 e. The molecule has 0 aliphatic rings. The second kappa shape index (κ2) is 5.49. The van der Waals surface area contributed by atoms with Crippen molar-refractivity contribution in [2.45, 2.75) is 26.4 Å². The molecule has 1 aromatic carbocycles. The van der Waals surface area contributed by atoms with E-state index in [1.54, 1.807) is 13.0 Å². The van der Waals surface area contributed by atoms with Crippen molar-refractivity contribution in [3.8, 4) is 0 Å². The molecule has 2 atom stereocenters. The van der Waals surface area contributed by atoms with Crippen molar-refractivity contribution in [2.75, 3.05) is 0 Å². The molecule has 0 heterocycles. The lowest BCUT2D eigenvalue weighted by atomic mass is 10.0. The van der Waals surface area contributed by atoms with Gasteiger partial charge in [-0.1, -0.05) is 6.07 Å². The van der Waals surface area contributed by atoms with Crippen LogP contribution in [0, 0.1) is 12.7 Å². The number of nitrogens with two attached hydrogens (primary N) is 1. The first-order valence-electron chi connectivity index (χ1n) is 4.80. The van der Waals surface area contributed by atoms with E-state index in [1.165, 1.54) is 6.07 Å². The molecule has 6 heteroatoms. The summed E-state index contributed by atoms with van der Waals surface area (Å²) in [6.07, 6.45) is 0. The summed E-state index contributed by atoms with van der Waals surface area (Å²) in [5.74, 6) is -0.388. The Labute approximate surface area is 96.5 Å². The number of nitrogens with one attached hydrogen (secondary N) is 1. The summed E-state index contributed by atoms with van der Waals surface area (Å²) in [5, 5.41) is 0. The molecule has 0 aliphatic heterocycles. The summed E-state index contributed by atoms with van der Waals surface area (Å²) in [6.45, 7) is 3.66. The molecule has 0 aliphatic carbocycles. The van der Waals surface area contributed by atoms with Crippen molar-refractivity contribution >= 4 is 11.3 Å². The molecule has 0 radical (unpaired) electrons. The van der Waals surface area contributed by atoms with Gasteiger partial charge in [-0.2, -0.15) is 0 Å². The average molecular weight is 246 g/mol. The largest absolute Gasteiger partial charge is 0.324 e. The van der Waals surface area contributed by atoms with Crippen LogP contribution >= 0.6 is 0 Å². The Balaban J connectivity index is 2.96. The summed E-state index contributed by atoms with van der Waals surface area (Å²) in [7, 11) is 0. The molecule has 0 saturated carbocycles. The van der Waals surface area contributed by atoms with E-state index in [9.17, 15) is 8.60 Å². The van der Waals surface area contributed by atoms with Gasteiger partial charge in [0.1, 0.15) is 5.82 Å². The second-order valence-corrected chi connectivity index (χ2v) is 4.45. The van der Waals surface area contributed by atoms with Gasteiger partial charge in [0.15, 0.2) is 0 Å². The van der Waals surface area contributed by atoms with Gasteiger partial charge in [-0.15, -0.1) is 0 Å². The van der Waals surface area contributed by atoms with Gasteiger partial charge >= 0.3 is 0 Å². The first-order valence-corrected chi connectivity index (χ1v) is 5.91. The molecule has 1 rings (SSSR count). The van der Waals surface area contributed by atoms with Crippen molar-refractivity contribution < 1.29 is 13.2 Å². The monoisotopic (exact) mass is 246 g/mol. The number of aryl methyl sites for hydroxylation is 1. The fourth-order valence-corrected chi connectivity index (χ4v) is 1.70. The summed E-state index contributed by atoms with van der Waals surface area (Å²) in [5.41, 5.74) is 7.54. The van der Waals surface area contributed by atoms with Crippen LogP contribution in [0.3, 0.4) is 0 Å². The fraction of sp³-hybridized carbons (Fsp3) is 0.400. The van der Waals surface area contributed by atoms with Gasteiger partial charge < -0.3 is 5.73 Å². The van der Waals surface area contributed by atoms with E-state index in [-0.39, 0.29) is 18.4 Å². The third kappa shape index (κ3) is 3.34. The Bertz CT molecular complexity index is 410. The van der Waals surface area contributed by atoms with Crippen LogP contribution in [0.15, 0.2) is 12.1 Å². The van der Waals surface area contributed by atoms with Crippen molar-refractivity contribution in [3.63, 3.8) is 0 Å². The van der Waals surface area contributed by atoms with E-state index >= 15 is 0 Å². The summed E-state index contributed by atoms with van der Waals surface area (Å²) in [6, 6.07) is 2.64. The maximum absolute atomic E-state index is 13.6. The standard InChI is InChI=1S/C10H15FN2O2S/c1-6-3-9(7(2)12)10(11)4-8(6)5-13-16(14)15/h3-4,7,13H,5,12H2,1-2H3,(H,14,15)/t7-/m1/s1. The van der Waals surface area contributed by atoms with Crippen LogP contribution in [0.2, 0.25) is 0 Å². The number of hydrogen-bond acceptors (Lipinski definition) is 2. The molecule has 4 nitrogen and oxygen atoms in total. The van der Waals surface area contributed by atoms with E-state index < -0.39 is 11.3 Å². The Morgan fingerprint density at radius 3 is 2.75 bits per heavy atom. The van der Waals surface area contributed by atoms with E-state index in [2.05, 4.69) is 4.72 Å². The number of halogens is 1. The minimum atomic E-state index is -2.09. The van der Waals surface area contributed by atoms with Crippen molar-refractivity contribution in [1.29, 1.82) is 0 Å². The van der Waals surface area contributed by atoms with Gasteiger partial charge in [0.2, 0.25) is 11.3 Å². The van der Waals surface area contributed by atoms with Crippen LogP contribution in [0.4, 0.5) is 4.39 Å². The molecule has 4 N–H and O–H groups in total. The normalized spacial score (nSPS) is 14.8. The molecule has 1 unspecified atom stereocenters. The maximum atomic E-state index is 13.6. The topological polar surface area (TPSA) is 75.3 Å². The quantitative estimate of drug-likeness (QED) is 0.702. The van der Waals surface area contributed by atoms with Crippen LogP contribution in [-0.4, -0.2) is 8.76 Å². The van der Waals surface area contributed by atoms with Crippen molar-refractivity contribution in [2.24, 2.45) is 5.73 Å². The predicted octanol–water partition coefficient (Wildman–Crippen LogP) is 1.38. The molecule has 0 amide bonds. The van der Waals surface area contributed by atoms with E-state index in [0.717, 1.165) is 5.56 Å². The lowest BCUT2D eigenvalue weighted by Crippen LogP contribution is -2.17. The Hall–Kier alpha value is -0.820. The minimum Gasteiger partial charge on any atom is -0.324 e. The molecule has 90 valence electrons. The highest BCUT2D eigenvalue weighted by molar-refractivity contribution is 7.77. The van der Waals surface area contributed by atoms with Gasteiger partial charge in [0, 0.05) is 18.2 Å². The molecule has 0 fully saturated rings. The smallest absolute Gasteiger partial charge is 0.232 e. The van der Waals surface area contributed by atoms with Gasteiger partial charge in [0.05, 0.1) is 0 Å². The van der Waals surface area contributed by atoms with Crippen LogP contribution in [0.25, 0.3) is 0 Å². The summed E-state index contributed by atoms with van der Waals surface area (Å²) >= 11 is -2.09. The molecule has 0 aromatic heterocycles. The molecular weight excluding hydrogens is 231 g/mol. The fourth-order valence-electron chi connectivity index (χ4n) is 1.42. The highest BCUT2D eigenvalue weighted by atomic mass is 32.2. The van der Waals surface area contributed by atoms with E-state index in [4.69, 9.17) is 10.3 Å². The van der Waals surface area contributed by atoms with Crippen LogP contribution in [0.1, 0.15) is 29.7 Å². The SMILES string of the molecule is Cc1cc([C@@H](C)N)c(F)cc1CNS(=O)O. The lowest BCUT2D eigenvalue weighted by Gasteiger charge is -2.12. The lowest BCUT2D eigenvalue weighted by molar-refractivity contribution is 0.547. The van der Waals surface area contributed by atoms with Crippen molar-refractivity contribution in [3.05, 3.63) is 34.6 Å². The predicted molar refractivity (Wildman–Crippen MR) is 61.4 cm³/mol. The van der Waals surface area contributed by atoms with E-state index in [1.807, 2.05) is 6.92 Å². The van der Waals surface area contributed by atoms with Gasteiger partial charge in [-0.05, 0) is 31.0 Å². The van der Waals surface area contributed by atoms with Gasteiger partial charge in [-0.25, -0.2) is 13.3 Å². The zero-order valence-corrected chi connectivity index (χ0v) is 9.97. The Morgan fingerprint density at radius 1 is 1.62 bits per heavy atom. The van der Waals surface area contributed by atoms with Crippen molar-refractivity contribution in [1.82, 2.24) is 4.72 Å². The van der Waals surface area contributed by atoms with E-state index in [0.29, 0.717) is 11.1 Å². The molecule has 0 spiro atoms. The molecule has 0 saturated heterocycles. The molecule has 16 heavy (non-hydrogen) atoms. The second-order valence-electron chi connectivity index (χ2n) is 3.66. The Kier molecular flexibility index (Phi) is 4.55. The van der Waals surface area contributed by atoms with Gasteiger partial charge in [-0.3, -0.25) is 4.55 Å². The van der Waals surface area contributed by atoms with Crippen LogP contribution in [0.5, 0.6) is 0 Å².